The fourth-order valence-corrected chi connectivity index (χ4v) is 5.13. The third-order valence-corrected chi connectivity index (χ3v) is 6.61. The van der Waals surface area contributed by atoms with Crippen LogP contribution in [0.25, 0.3) is 0 Å². The van der Waals surface area contributed by atoms with Gasteiger partial charge in [0.05, 0.1) is 12.5 Å². The van der Waals surface area contributed by atoms with Crippen LogP contribution in [-0.2, 0) is 26.3 Å². The Morgan fingerprint density at radius 3 is 2.48 bits per heavy atom. The van der Waals surface area contributed by atoms with Gasteiger partial charge in [-0.15, -0.1) is 0 Å². The predicted molar refractivity (Wildman–Crippen MR) is 117 cm³/mol. The van der Waals surface area contributed by atoms with Crippen LogP contribution in [0.3, 0.4) is 0 Å². The maximum Gasteiger partial charge on any atom is 0.328 e. The first-order valence-electron chi connectivity index (χ1n) is 10.9. The second kappa shape index (κ2) is 8.33. The molecule has 2 saturated heterocycles. The quantitative estimate of drug-likeness (QED) is 0.685. The minimum atomic E-state index is -0.640. The van der Waals surface area contributed by atoms with Gasteiger partial charge in [0.2, 0.25) is 5.91 Å². The maximum atomic E-state index is 13.4. The standard InChI is InChI=1S/C25H30N2O4/c1-16-12-18(13-17(2)26-16)15-31-21-10-8-19(9-11-21)25(3)14-20-6-5-7-22(23(28)30-4)27(20)24(25)29/h8-13,20,22H,5-7,14-15H2,1-4H3/t20-,22+,25+/m1/s1. The fraction of sp³-hybridized carbons (Fsp3) is 0.480. The Morgan fingerprint density at radius 1 is 1.16 bits per heavy atom. The highest BCUT2D eigenvalue weighted by Gasteiger charge is 2.54. The highest BCUT2D eigenvalue weighted by atomic mass is 16.5. The Morgan fingerprint density at radius 2 is 1.84 bits per heavy atom. The van der Waals surface area contributed by atoms with Gasteiger partial charge in [-0.3, -0.25) is 9.78 Å². The third kappa shape index (κ3) is 4.03. The van der Waals surface area contributed by atoms with Gasteiger partial charge >= 0.3 is 5.97 Å². The molecule has 6 heteroatoms. The molecule has 0 unspecified atom stereocenters. The number of carbonyl (C=O) groups is 2. The number of nitrogens with zero attached hydrogens (tertiary/aromatic N) is 2. The lowest BCUT2D eigenvalue weighted by Gasteiger charge is -2.36. The summed E-state index contributed by atoms with van der Waals surface area (Å²) in [6.45, 7) is 6.41. The topological polar surface area (TPSA) is 68.7 Å². The Bertz CT molecular complexity index is 967. The van der Waals surface area contributed by atoms with E-state index < -0.39 is 11.5 Å². The van der Waals surface area contributed by atoms with Crippen LogP contribution >= 0.6 is 0 Å². The van der Waals surface area contributed by atoms with Gasteiger partial charge in [-0.1, -0.05) is 12.1 Å². The van der Waals surface area contributed by atoms with E-state index in [1.165, 1.54) is 7.11 Å². The van der Waals surface area contributed by atoms with Crippen LogP contribution in [0.5, 0.6) is 5.75 Å². The number of aryl methyl sites for hydroxylation is 2. The second-order valence-electron chi connectivity index (χ2n) is 8.94. The molecule has 1 amide bonds. The van der Waals surface area contributed by atoms with E-state index in [-0.39, 0.29) is 17.9 Å². The molecule has 2 aromatic rings. The predicted octanol–water partition coefficient (Wildman–Crippen LogP) is 3.86. The summed E-state index contributed by atoms with van der Waals surface area (Å²) in [7, 11) is 1.39. The van der Waals surface area contributed by atoms with Crippen LogP contribution in [0.15, 0.2) is 36.4 Å². The Kier molecular flexibility index (Phi) is 5.73. The van der Waals surface area contributed by atoms with E-state index in [2.05, 4.69) is 4.98 Å². The number of hydrogen-bond acceptors (Lipinski definition) is 5. The van der Waals surface area contributed by atoms with Gasteiger partial charge in [-0.2, -0.15) is 0 Å². The third-order valence-electron chi connectivity index (χ3n) is 6.61. The van der Waals surface area contributed by atoms with Crippen molar-refractivity contribution < 1.29 is 19.1 Å². The maximum absolute atomic E-state index is 13.4. The number of carbonyl (C=O) groups excluding carboxylic acids is 2. The molecule has 2 aliphatic rings. The number of amides is 1. The Balaban J connectivity index is 1.49. The van der Waals surface area contributed by atoms with Gasteiger partial charge in [-0.25, -0.2) is 4.79 Å². The summed E-state index contributed by atoms with van der Waals surface area (Å²) in [5, 5.41) is 0. The monoisotopic (exact) mass is 422 g/mol. The largest absolute Gasteiger partial charge is 0.489 e. The van der Waals surface area contributed by atoms with Crippen molar-refractivity contribution in [1.82, 2.24) is 9.88 Å². The number of aromatic nitrogens is 1. The normalized spacial score (nSPS) is 25.3. The van der Waals surface area contributed by atoms with Gasteiger partial charge in [0, 0.05) is 17.4 Å². The van der Waals surface area contributed by atoms with E-state index in [0.717, 1.165) is 47.5 Å². The summed E-state index contributed by atoms with van der Waals surface area (Å²) < 4.78 is 10.9. The first kappa shape index (κ1) is 21.3. The lowest BCUT2D eigenvalue weighted by molar-refractivity contribution is -0.155. The molecule has 3 atom stereocenters. The second-order valence-corrected chi connectivity index (χ2v) is 8.94. The van der Waals surface area contributed by atoms with Crippen LogP contribution in [0.4, 0.5) is 0 Å². The van der Waals surface area contributed by atoms with Crippen LogP contribution < -0.4 is 4.74 Å². The molecule has 0 saturated carbocycles. The number of hydrogen-bond donors (Lipinski definition) is 0. The number of benzene rings is 1. The Labute approximate surface area is 183 Å². The van der Waals surface area contributed by atoms with Crippen LogP contribution in [0.2, 0.25) is 0 Å². The zero-order valence-corrected chi connectivity index (χ0v) is 18.7. The van der Waals surface area contributed by atoms with Gasteiger partial charge < -0.3 is 14.4 Å². The summed E-state index contributed by atoms with van der Waals surface area (Å²) >= 11 is 0. The molecule has 1 aromatic carbocycles. The van der Waals surface area contributed by atoms with E-state index >= 15 is 0 Å². The van der Waals surface area contributed by atoms with Gasteiger partial charge in [-0.05, 0) is 81.8 Å². The fourth-order valence-electron chi connectivity index (χ4n) is 5.13. The van der Waals surface area contributed by atoms with Crippen molar-refractivity contribution in [1.29, 1.82) is 0 Å². The van der Waals surface area contributed by atoms with Crippen molar-refractivity contribution in [3.05, 3.63) is 58.9 Å². The minimum absolute atomic E-state index is 0.0176. The molecular weight excluding hydrogens is 392 g/mol. The van der Waals surface area contributed by atoms with E-state index in [1.54, 1.807) is 4.90 Å². The highest BCUT2D eigenvalue weighted by molar-refractivity contribution is 5.94. The van der Waals surface area contributed by atoms with Crippen molar-refractivity contribution >= 4 is 11.9 Å². The summed E-state index contributed by atoms with van der Waals surface area (Å²) in [6, 6.07) is 11.5. The van der Waals surface area contributed by atoms with E-state index in [9.17, 15) is 9.59 Å². The van der Waals surface area contributed by atoms with Crippen molar-refractivity contribution in [3.63, 3.8) is 0 Å². The smallest absolute Gasteiger partial charge is 0.328 e. The highest BCUT2D eigenvalue weighted by Crippen LogP contribution is 2.44. The summed E-state index contributed by atoms with van der Waals surface area (Å²) in [6.07, 6.45) is 3.26. The molecule has 2 fully saturated rings. The van der Waals surface area contributed by atoms with Crippen molar-refractivity contribution in [2.24, 2.45) is 0 Å². The molecule has 0 N–H and O–H groups in total. The number of piperidine rings is 1. The lowest BCUT2D eigenvalue weighted by atomic mass is 9.79. The minimum Gasteiger partial charge on any atom is -0.489 e. The van der Waals surface area contributed by atoms with E-state index in [1.807, 2.05) is 57.2 Å². The summed E-state index contributed by atoms with van der Waals surface area (Å²) in [5.74, 6) is 0.465. The van der Waals surface area contributed by atoms with Crippen molar-refractivity contribution in [2.45, 2.75) is 70.6 Å². The van der Waals surface area contributed by atoms with Crippen molar-refractivity contribution in [2.75, 3.05) is 7.11 Å². The molecule has 3 heterocycles. The molecule has 4 rings (SSSR count). The van der Waals surface area contributed by atoms with Crippen molar-refractivity contribution in [3.8, 4) is 5.75 Å². The molecule has 0 spiro atoms. The molecule has 164 valence electrons. The van der Waals surface area contributed by atoms with Gasteiger partial charge in [0.1, 0.15) is 18.4 Å². The van der Waals surface area contributed by atoms with Crippen LogP contribution in [0.1, 0.15) is 55.1 Å². The molecule has 6 nitrogen and oxygen atoms in total. The SMILES string of the molecule is COC(=O)[C@@H]1CCC[C@@H]2C[C@@](C)(c3ccc(OCc4cc(C)nc(C)c4)cc3)C(=O)N21. The molecule has 0 radical (unpaired) electrons. The average molecular weight is 423 g/mol. The summed E-state index contributed by atoms with van der Waals surface area (Å²) in [5.41, 5.74) is 3.35. The lowest BCUT2D eigenvalue weighted by Crippen LogP contribution is -2.51. The van der Waals surface area contributed by atoms with E-state index in [4.69, 9.17) is 9.47 Å². The molecular formula is C25H30N2O4. The number of esters is 1. The Hall–Kier alpha value is -2.89. The molecule has 2 aliphatic heterocycles. The molecule has 0 bridgehead atoms. The van der Waals surface area contributed by atoms with Gasteiger partial charge in [0.15, 0.2) is 0 Å². The van der Waals surface area contributed by atoms with Crippen LogP contribution in [0, 0.1) is 13.8 Å². The van der Waals surface area contributed by atoms with E-state index in [0.29, 0.717) is 13.0 Å². The molecule has 31 heavy (non-hydrogen) atoms. The molecule has 1 aromatic heterocycles. The first-order valence-corrected chi connectivity index (χ1v) is 10.9. The summed E-state index contributed by atoms with van der Waals surface area (Å²) in [4.78, 5) is 31.9. The first-order chi connectivity index (χ1) is 14.8. The van der Waals surface area contributed by atoms with Gasteiger partial charge in [0.25, 0.3) is 0 Å². The number of ether oxygens (including phenoxy) is 2. The van der Waals surface area contributed by atoms with Crippen LogP contribution in [-0.4, -0.2) is 41.0 Å². The molecule has 0 aliphatic carbocycles. The number of fused-ring (bicyclic) bond motifs is 1. The average Bonchev–Trinajstić information content (AvgIpc) is 3.02. The number of rotatable bonds is 5. The zero-order chi connectivity index (χ0) is 22.2. The zero-order valence-electron chi connectivity index (χ0n) is 18.7. The number of pyridine rings is 1. The number of methoxy groups -OCH3 is 1.